The first-order valence-corrected chi connectivity index (χ1v) is 24.4. The molecule has 0 radical (unpaired) electrons. The lowest BCUT2D eigenvalue weighted by molar-refractivity contribution is 0.0230. The van der Waals surface area contributed by atoms with Crippen molar-refractivity contribution in [2.75, 3.05) is 73.2 Å². The maximum absolute atomic E-state index is 13.2. The molecule has 0 aliphatic carbocycles. The minimum atomic E-state index is -0.544. The van der Waals surface area contributed by atoms with E-state index in [9.17, 15) is 19.2 Å². The van der Waals surface area contributed by atoms with Crippen LogP contribution in [0.3, 0.4) is 0 Å². The molecule has 0 spiro atoms. The molecule has 75 heavy (non-hydrogen) atoms. The normalized spacial score (nSPS) is 13.9. The number of nitrogens with two attached hydrogens (primary N) is 1. The summed E-state index contributed by atoms with van der Waals surface area (Å²) >= 11 is 5.29. The highest BCUT2D eigenvalue weighted by molar-refractivity contribution is 6.68. The second kappa shape index (κ2) is 22.2. The summed E-state index contributed by atoms with van der Waals surface area (Å²) in [6.45, 7) is 19.8. The Hall–Kier alpha value is -8.67. The van der Waals surface area contributed by atoms with E-state index in [4.69, 9.17) is 31.9 Å². The molecular formula is C50H59ClN18O6. The molecule has 3 N–H and O–H groups in total. The van der Waals surface area contributed by atoms with Gasteiger partial charge in [-0.05, 0) is 102 Å². The SMILES string of the molecule is Cc1ccc(-n2nc(N3CCN(C(=O)OC(C)(C)C)CC3)cc2N)nc1.Cc1ccc(-n2nc(N3CCN(C(=O)OC(C)(C)C)CC3)cc2NC(=O)c2cnn3cccnc23)nc1.O=C(Cl)c1cnn2cccnc12. The Balaban J connectivity index is 0.000000169. The predicted molar refractivity (Wildman–Crippen MR) is 281 cm³/mol. The standard InChI is InChI=1S/C25H29N9O3.C18H26N6O2.C7H4ClN3O/c1-17-6-7-19(27-15-17)34-20(29-23(35)18-16-28-33-9-5-8-26-22(18)33)14-21(30-34)31-10-12-32(13-11-31)24(36)37-25(2,3)4;1-13-5-6-15(20-12-13)24-14(19)11-16(21-24)22-7-9-23(10-8-22)17(25)26-18(2,3)4;8-6(12)5-4-10-11-3-1-2-9-7(5)11/h5-9,14-16H,10-13H2,1-4H3,(H,29,35);5-6,11-12H,7-10,19H2,1-4H3;1-4H. The van der Waals surface area contributed by atoms with Crippen molar-refractivity contribution in [2.24, 2.45) is 0 Å². The van der Waals surface area contributed by atoms with E-state index in [1.807, 2.05) is 91.8 Å². The number of rotatable bonds is 7. The van der Waals surface area contributed by atoms with Crippen LogP contribution in [0, 0.1) is 13.8 Å². The van der Waals surface area contributed by atoms with Gasteiger partial charge in [-0.3, -0.25) is 9.59 Å². The van der Waals surface area contributed by atoms with Crippen LogP contribution in [0.4, 0.5) is 32.9 Å². The molecule has 2 aliphatic heterocycles. The van der Waals surface area contributed by atoms with Gasteiger partial charge in [0.05, 0.1) is 18.0 Å². The molecule has 392 valence electrons. The van der Waals surface area contributed by atoms with E-state index < -0.39 is 16.4 Å². The summed E-state index contributed by atoms with van der Waals surface area (Å²) in [7, 11) is 0. The molecule has 2 fully saturated rings. The number of nitrogens with one attached hydrogen (secondary N) is 1. The number of hydrogen-bond acceptors (Lipinski definition) is 17. The number of ether oxygens (including phenoxy) is 2. The van der Waals surface area contributed by atoms with Crippen molar-refractivity contribution in [3.63, 3.8) is 0 Å². The fourth-order valence-electron chi connectivity index (χ4n) is 7.70. The quantitative estimate of drug-likeness (QED) is 0.167. The Morgan fingerprint density at radius 1 is 0.587 bits per heavy atom. The molecule has 8 aromatic heterocycles. The fourth-order valence-corrected chi connectivity index (χ4v) is 7.84. The van der Waals surface area contributed by atoms with Gasteiger partial charge >= 0.3 is 12.2 Å². The Labute approximate surface area is 437 Å². The molecule has 0 atom stereocenters. The van der Waals surface area contributed by atoms with Gasteiger partial charge in [-0.25, -0.2) is 38.6 Å². The first-order chi connectivity index (χ1) is 35.7. The minimum absolute atomic E-state index is 0.272. The van der Waals surface area contributed by atoms with Crippen molar-refractivity contribution in [1.82, 2.24) is 68.5 Å². The molecule has 0 unspecified atom stereocenters. The third-order valence-corrected chi connectivity index (χ3v) is 11.6. The number of carbonyl (C=O) groups excluding carboxylic acids is 4. The Morgan fingerprint density at radius 2 is 1.04 bits per heavy atom. The van der Waals surface area contributed by atoms with Crippen LogP contribution in [0.5, 0.6) is 0 Å². The number of amides is 3. The zero-order valence-corrected chi connectivity index (χ0v) is 43.7. The lowest BCUT2D eigenvalue weighted by Crippen LogP contribution is -2.50. The summed E-state index contributed by atoms with van der Waals surface area (Å²) in [5, 5.41) is 19.8. The Kier molecular flexibility index (Phi) is 15.6. The zero-order chi connectivity index (χ0) is 53.6. The second-order valence-corrected chi connectivity index (χ2v) is 19.9. The van der Waals surface area contributed by atoms with E-state index in [-0.39, 0.29) is 18.1 Å². The Morgan fingerprint density at radius 3 is 1.51 bits per heavy atom. The molecule has 2 saturated heterocycles. The van der Waals surface area contributed by atoms with E-state index in [1.165, 1.54) is 16.9 Å². The molecule has 0 saturated carbocycles. The van der Waals surface area contributed by atoms with Gasteiger partial charge in [0.2, 0.25) is 0 Å². The van der Waals surface area contributed by atoms with E-state index in [2.05, 4.69) is 50.3 Å². The predicted octanol–water partition coefficient (Wildman–Crippen LogP) is 6.25. The van der Waals surface area contributed by atoms with Crippen molar-refractivity contribution in [1.29, 1.82) is 0 Å². The highest BCUT2D eigenvalue weighted by atomic mass is 35.5. The van der Waals surface area contributed by atoms with Crippen LogP contribution < -0.4 is 20.9 Å². The van der Waals surface area contributed by atoms with Crippen molar-refractivity contribution in [3.05, 3.63) is 120 Å². The molecule has 10 heterocycles. The molecular weight excluding hydrogens is 984 g/mol. The first kappa shape index (κ1) is 52.6. The summed E-state index contributed by atoms with van der Waals surface area (Å²) in [6.07, 6.45) is 12.5. The van der Waals surface area contributed by atoms with Crippen LogP contribution in [-0.4, -0.2) is 155 Å². The molecule has 24 nitrogen and oxygen atoms in total. The van der Waals surface area contributed by atoms with Crippen molar-refractivity contribution in [3.8, 4) is 11.6 Å². The molecule has 8 aromatic rings. The van der Waals surface area contributed by atoms with Crippen LogP contribution in [0.15, 0.2) is 98.1 Å². The smallest absolute Gasteiger partial charge is 0.410 e. The monoisotopic (exact) mass is 1040 g/mol. The van der Waals surface area contributed by atoms with Crippen molar-refractivity contribution >= 4 is 69.5 Å². The molecule has 0 bridgehead atoms. The van der Waals surface area contributed by atoms with Gasteiger partial charge in [-0.1, -0.05) is 12.1 Å². The van der Waals surface area contributed by atoms with Crippen LogP contribution in [0.1, 0.15) is 73.4 Å². The lowest BCUT2D eigenvalue weighted by atomic mass is 10.2. The second-order valence-electron chi connectivity index (χ2n) is 19.6. The number of carbonyl (C=O) groups is 4. The Bertz CT molecular complexity index is 3280. The number of nitrogens with zero attached hydrogens (tertiary/aromatic N) is 16. The molecule has 2 aliphatic rings. The largest absolute Gasteiger partial charge is 0.444 e. The summed E-state index contributed by atoms with van der Waals surface area (Å²) in [6, 6.07) is 14.8. The summed E-state index contributed by atoms with van der Waals surface area (Å²) in [5.41, 5.74) is 8.79. The zero-order valence-electron chi connectivity index (χ0n) is 43.0. The van der Waals surface area contributed by atoms with Crippen LogP contribution in [0.2, 0.25) is 0 Å². The van der Waals surface area contributed by atoms with Gasteiger partial charge in [0.1, 0.15) is 28.4 Å². The first-order valence-electron chi connectivity index (χ1n) is 24.0. The lowest BCUT2D eigenvalue weighted by Gasteiger charge is -2.35. The average Bonchev–Trinajstić information content (AvgIpc) is 4.20. The topological polar surface area (TPSA) is 260 Å². The molecule has 10 rings (SSSR count). The number of fused-ring (bicyclic) bond motifs is 2. The van der Waals surface area contributed by atoms with Gasteiger partial charge in [-0.2, -0.15) is 19.6 Å². The number of aromatic nitrogens is 12. The maximum atomic E-state index is 13.2. The van der Waals surface area contributed by atoms with E-state index in [0.29, 0.717) is 104 Å². The number of piperazine rings is 2. The van der Waals surface area contributed by atoms with Gasteiger partial charge in [0, 0.05) is 102 Å². The average molecular weight is 1040 g/mol. The van der Waals surface area contributed by atoms with Crippen LogP contribution >= 0.6 is 11.6 Å². The van der Waals surface area contributed by atoms with Crippen molar-refractivity contribution < 1.29 is 28.7 Å². The molecule has 0 aromatic carbocycles. The fraction of sp³-hybridized carbons (Fsp3) is 0.360. The number of hydrogen-bond donors (Lipinski definition) is 2. The van der Waals surface area contributed by atoms with Gasteiger partial charge in [-0.15, -0.1) is 10.2 Å². The van der Waals surface area contributed by atoms with Crippen LogP contribution in [0.25, 0.3) is 22.9 Å². The van der Waals surface area contributed by atoms with E-state index >= 15 is 0 Å². The summed E-state index contributed by atoms with van der Waals surface area (Å²) in [5.74, 6) is 3.34. The highest BCUT2D eigenvalue weighted by Crippen LogP contribution is 2.26. The highest BCUT2D eigenvalue weighted by Gasteiger charge is 2.29. The molecule has 25 heteroatoms. The maximum Gasteiger partial charge on any atom is 0.410 e. The third-order valence-electron chi connectivity index (χ3n) is 11.4. The van der Waals surface area contributed by atoms with Gasteiger partial charge in [0.15, 0.2) is 34.6 Å². The van der Waals surface area contributed by atoms with Gasteiger partial charge in [0.25, 0.3) is 11.1 Å². The van der Waals surface area contributed by atoms with Crippen LogP contribution in [-0.2, 0) is 9.47 Å². The van der Waals surface area contributed by atoms with Crippen molar-refractivity contribution in [2.45, 2.75) is 66.6 Å². The number of nitrogen functional groups attached to an aromatic ring is 1. The summed E-state index contributed by atoms with van der Waals surface area (Å²) < 4.78 is 17.2. The number of aryl methyl sites for hydroxylation is 2. The van der Waals surface area contributed by atoms with E-state index in [0.717, 1.165) is 16.9 Å². The number of pyridine rings is 2. The van der Waals surface area contributed by atoms with E-state index in [1.54, 1.807) is 73.0 Å². The number of halogens is 1. The number of anilines is 4. The molecule has 3 amide bonds. The summed E-state index contributed by atoms with van der Waals surface area (Å²) in [4.78, 5) is 73.3. The van der Waals surface area contributed by atoms with Gasteiger partial charge < -0.3 is 40.1 Å². The minimum Gasteiger partial charge on any atom is -0.444 e. The third kappa shape index (κ3) is 13.1.